The van der Waals surface area contributed by atoms with Gasteiger partial charge in [0.05, 0.1) is 11.3 Å². The van der Waals surface area contributed by atoms with Gasteiger partial charge in [-0.2, -0.15) is 13.2 Å². The summed E-state index contributed by atoms with van der Waals surface area (Å²) in [4.78, 5) is 26.8. The van der Waals surface area contributed by atoms with Crippen LogP contribution in [0.2, 0.25) is 0 Å². The minimum absolute atomic E-state index is 0.349. The number of nitrogens with one attached hydrogen (secondary N) is 1. The topological polar surface area (TPSA) is 49.4 Å². The van der Waals surface area contributed by atoms with Gasteiger partial charge in [0.25, 0.3) is 0 Å². The standard InChI is InChI=1S/C18H25F3N2O2/c1-5-11-23(12-6-2)16(25)17(3,4)15(24)22-14-10-8-7-9-13(14)18(19,20)21/h7-10H,5-6,11-12H2,1-4H3,(H,22,24). The molecule has 0 heterocycles. The van der Waals surface area contributed by atoms with Gasteiger partial charge in [-0.15, -0.1) is 0 Å². The van der Waals surface area contributed by atoms with Crippen LogP contribution >= 0.6 is 0 Å². The second kappa shape index (κ2) is 8.36. The van der Waals surface area contributed by atoms with E-state index < -0.39 is 29.0 Å². The highest BCUT2D eigenvalue weighted by Gasteiger charge is 2.40. The molecule has 7 heteroatoms. The van der Waals surface area contributed by atoms with Crippen molar-refractivity contribution in [1.29, 1.82) is 0 Å². The first-order chi connectivity index (χ1) is 11.6. The van der Waals surface area contributed by atoms with Crippen LogP contribution < -0.4 is 5.32 Å². The molecule has 0 aromatic heterocycles. The molecule has 1 aromatic rings. The zero-order chi connectivity index (χ0) is 19.3. The molecule has 0 fully saturated rings. The van der Waals surface area contributed by atoms with Crippen LogP contribution in [0.4, 0.5) is 18.9 Å². The molecule has 0 atom stereocenters. The second-order valence-corrected chi connectivity index (χ2v) is 6.41. The van der Waals surface area contributed by atoms with Crippen LogP contribution in [-0.4, -0.2) is 29.8 Å². The summed E-state index contributed by atoms with van der Waals surface area (Å²) in [6, 6.07) is 4.72. The minimum Gasteiger partial charge on any atom is -0.342 e. The summed E-state index contributed by atoms with van der Waals surface area (Å²) in [6.07, 6.45) is -3.12. The molecule has 0 aliphatic heterocycles. The van der Waals surface area contributed by atoms with Gasteiger partial charge in [0, 0.05) is 13.1 Å². The SMILES string of the molecule is CCCN(CCC)C(=O)C(C)(C)C(=O)Nc1ccccc1C(F)(F)F. The summed E-state index contributed by atoms with van der Waals surface area (Å²) < 4.78 is 39.2. The molecular formula is C18H25F3N2O2. The van der Waals surface area contributed by atoms with Crippen LogP contribution in [0, 0.1) is 5.41 Å². The Morgan fingerprint density at radius 3 is 2.04 bits per heavy atom. The number of carbonyl (C=O) groups is 2. The first-order valence-corrected chi connectivity index (χ1v) is 8.32. The Bertz CT molecular complexity index is 607. The predicted molar refractivity (Wildman–Crippen MR) is 91.0 cm³/mol. The number of carbonyl (C=O) groups excluding carboxylic acids is 2. The molecule has 1 N–H and O–H groups in total. The van der Waals surface area contributed by atoms with Crippen molar-refractivity contribution in [3.05, 3.63) is 29.8 Å². The third kappa shape index (κ3) is 5.21. The number of nitrogens with zero attached hydrogens (tertiary/aromatic N) is 1. The van der Waals surface area contributed by atoms with Gasteiger partial charge in [0.15, 0.2) is 0 Å². The van der Waals surface area contributed by atoms with Crippen molar-refractivity contribution in [3.63, 3.8) is 0 Å². The van der Waals surface area contributed by atoms with Crippen molar-refractivity contribution in [1.82, 2.24) is 4.90 Å². The molecule has 0 saturated carbocycles. The Labute approximate surface area is 146 Å². The highest BCUT2D eigenvalue weighted by atomic mass is 19.4. The van der Waals surface area contributed by atoms with E-state index in [1.54, 1.807) is 4.90 Å². The number of rotatable bonds is 7. The first-order valence-electron chi connectivity index (χ1n) is 8.32. The molecule has 0 saturated heterocycles. The number of benzene rings is 1. The van der Waals surface area contributed by atoms with Crippen molar-refractivity contribution >= 4 is 17.5 Å². The molecule has 25 heavy (non-hydrogen) atoms. The van der Waals surface area contributed by atoms with Crippen molar-refractivity contribution in [2.24, 2.45) is 5.41 Å². The average molecular weight is 358 g/mol. The Morgan fingerprint density at radius 2 is 1.56 bits per heavy atom. The summed E-state index contributed by atoms with van der Waals surface area (Å²) >= 11 is 0. The second-order valence-electron chi connectivity index (χ2n) is 6.41. The van der Waals surface area contributed by atoms with E-state index in [2.05, 4.69) is 5.32 Å². The number of amides is 2. The maximum atomic E-state index is 13.1. The van der Waals surface area contributed by atoms with E-state index >= 15 is 0 Å². The summed E-state index contributed by atoms with van der Waals surface area (Å²) in [5, 5.41) is 2.27. The van der Waals surface area contributed by atoms with Gasteiger partial charge in [0.2, 0.25) is 11.8 Å². The Balaban J connectivity index is 3.04. The van der Waals surface area contributed by atoms with E-state index in [1.807, 2.05) is 13.8 Å². The summed E-state index contributed by atoms with van der Waals surface area (Å²) in [5.41, 5.74) is -2.76. The highest BCUT2D eigenvalue weighted by molar-refractivity contribution is 6.10. The molecule has 0 aliphatic rings. The van der Waals surface area contributed by atoms with Gasteiger partial charge in [-0.25, -0.2) is 0 Å². The zero-order valence-corrected chi connectivity index (χ0v) is 15.0. The quantitative estimate of drug-likeness (QED) is 0.738. The van der Waals surface area contributed by atoms with E-state index in [1.165, 1.54) is 32.0 Å². The number of anilines is 1. The van der Waals surface area contributed by atoms with E-state index in [9.17, 15) is 22.8 Å². The largest absolute Gasteiger partial charge is 0.418 e. The molecule has 1 aromatic carbocycles. The molecule has 0 aliphatic carbocycles. The van der Waals surface area contributed by atoms with Gasteiger partial charge < -0.3 is 10.2 Å². The van der Waals surface area contributed by atoms with Crippen LogP contribution in [-0.2, 0) is 15.8 Å². The molecule has 0 spiro atoms. The smallest absolute Gasteiger partial charge is 0.342 e. The predicted octanol–water partition coefficient (Wildman–Crippen LogP) is 4.32. The van der Waals surface area contributed by atoms with Crippen LogP contribution in [0.5, 0.6) is 0 Å². The zero-order valence-electron chi connectivity index (χ0n) is 15.0. The average Bonchev–Trinajstić information content (AvgIpc) is 2.53. The van der Waals surface area contributed by atoms with Crippen molar-refractivity contribution < 1.29 is 22.8 Å². The summed E-state index contributed by atoms with van der Waals surface area (Å²) in [5.74, 6) is -1.15. The van der Waals surface area contributed by atoms with Gasteiger partial charge in [0.1, 0.15) is 5.41 Å². The monoisotopic (exact) mass is 358 g/mol. The molecule has 0 bridgehead atoms. The highest BCUT2D eigenvalue weighted by Crippen LogP contribution is 2.35. The number of halogens is 3. The Hall–Kier alpha value is -2.05. The van der Waals surface area contributed by atoms with Gasteiger partial charge in [-0.1, -0.05) is 26.0 Å². The third-order valence-electron chi connectivity index (χ3n) is 3.86. The number of hydrogen-bond donors (Lipinski definition) is 1. The van der Waals surface area contributed by atoms with E-state index in [4.69, 9.17) is 0 Å². The van der Waals surface area contributed by atoms with Gasteiger partial charge >= 0.3 is 6.18 Å². The Morgan fingerprint density at radius 1 is 1.04 bits per heavy atom. The van der Waals surface area contributed by atoms with Crippen molar-refractivity contribution in [3.8, 4) is 0 Å². The molecule has 1 rings (SSSR count). The van der Waals surface area contributed by atoms with E-state index in [0.717, 1.165) is 18.9 Å². The molecule has 0 unspecified atom stereocenters. The van der Waals surface area contributed by atoms with Gasteiger partial charge in [-0.05, 0) is 38.8 Å². The van der Waals surface area contributed by atoms with Crippen LogP contribution in [0.1, 0.15) is 46.1 Å². The third-order valence-corrected chi connectivity index (χ3v) is 3.86. The molecule has 0 radical (unpaired) electrons. The van der Waals surface area contributed by atoms with Crippen LogP contribution in [0.15, 0.2) is 24.3 Å². The lowest BCUT2D eigenvalue weighted by Gasteiger charge is -2.31. The number of alkyl halides is 3. The van der Waals surface area contributed by atoms with Crippen LogP contribution in [0.3, 0.4) is 0 Å². The molecule has 4 nitrogen and oxygen atoms in total. The van der Waals surface area contributed by atoms with Crippen molar-refractivity contribution in [2.75, 3.05) is 18.4 Å². The maximum Gasteiger partial charge on any atom is 0.418 e. The van der Waals surface area contributed by atoms with Gasteiger partial charge in [-0.3, -0.25) is 9.59 Å². The lowest BCUT2D eigenvalue weighted by molar-refractivity contribution is -0.146. The first kappa shape index (κ1) is 21.0. The van der Waals surface area contributed by atoms with E-state index in [0.29, 0.717) is 13.1 Å². The number of para-hydroxylation sites is 1. The molecular weight excluding hydrogens is 333 g/mol. The Kier molecular flexibility index (Phi) is 7.02. The maximum absolute atomic E-state index is 13.1. The number of hydrogen-bond acceptors (Lipinski definition) is 2. The minimum atomic E-state index is -4.59. The van der Waals surface area contributed by atoms with E-state index in [-0.39, 0.29) is 5.69 Å². The fraction of sp³-hybridized carbons (Fsp3) is 0.556. The summed E-state index contributed by atoms with van der Waals surface area (Å²) in [7, 11) is 0. The summed E-state index contributed by atoms with van der Waals surface area (Å²) in [6.45, 7) is 7.70. The van der Waals surface area contributed by atoms with Crippen LogP contribution in [0.25, 0.3) is 0 Å². The molecule has 140 valence electrons. The normalized spacial score (nSPS) is 12.0. The molecule has 2 amide bonds. The van der Waals surface area contributed by atoms with Crippen molar-refractivity contribution in [2.45, 2.75) is 46.7 Å². The lowest BCUT2D eigenvalue weighted by atomic mass is 9.89. The lowest BCUT2D eigenvalue weighted by Crippen LogP contribution is -2.48. The fourth-order valence-corrected chi connectivity index (χ4v) is 2.47. The fourth-order valence-electron chi connectivity index (χ4n) is 2.47.